The summed E-state index contributed by atoms with van der Waals surface area (Å²) in [5.41, 5.74) is 1.36. The van der Waals surface area contributed by atoms with E-state index in [0.717, 1.165) is 24.3 Å². The maximum Gasteiger partial charge on any atom is 0.270 e. The lowest BCUT2D eigenvalue weighted by molar-refractivity contribution is -0.133. The fourth-order valence-corrected chi connectivity index (χ4v) is 3.32. The van der Waals surface area contributed by atoms with E-state index in [-0.39, 0.29) is 5.91 Å². The molecule has 3 nitrogen and oxygen atoms in total. The van der Waals surface area contributed by atoms with E-state index in [1.54, 1.807) is 0 Å². The van der Waals surface area contributed by atoms with Gasteiger partial charge < -0.3 is 9.64 Å². The second kappa shape index (κ2) is 4.80. The number of hydrogen-bond donors (Lipinski definition) is 0. The molecule has 1 amide bonds. The second-order valence-corrected chi connectivity index (χ2v) is 6.55. The molecule has 1 saturated carbocycles. The monoisotopic (exact) mass is 273 g/mol. The Kier molecular flexibility index (Phi) is 3.23. The van der Waals surface area contributed by atoms with Crippen LogP contribution in [0.15, 0.2) is 18.2 Å². The van der Waals surface area contributed by atoms with Gasteiger partial charge >= 0.3 is 0 Å². The molecule has 1 aromatic rings. The van der Waals surface area contributed by atoms with E-state index < -0.39 is 5.60 Å². The smallest absolute Gasteiger partial charge is 0.270 e. The molecule has 1 fully saturated rings. The third-order valence-corrected chi connectivity index (χ3v) is 4.41. The van der Waals surface area contributed by atoms with Crippen molar-refractivity contribution in [2.75, 3.05) is 4.90 Å². The summed E-state index contributed by atoms with van der Waals surface area (Å²) in [6.45, 7) is 5.80. The van der Waals surface area contributed by atoms with Crippen molar-refractivity contribution in [3.05, 3.63) is 23.8 Å². The molecule has 0 N–H and O–H groups in total. The number of fused-ring (bicyclic) bond motifs is 1. The van der Waals surface area contributed by atoms with Crippen LogP contribution >= 0.6 is 0 Å². The van der Waals surface area contributed by atoms with Gasteiger partial charge in [0.05, 0.1) is 5.69 Å². The molecule has 0 saturated heterocycles. The molecule has 0 bridgehead atoms. The van der Waals surface area contributed by atoms with Crippen LogP contribution in [0.3, 0.4) is 0 Å². The topological polar surface area (TPSA) is 29.5 Å². The molecule has 108 valence electrons. The Morgan fingerprint density at radius 3 is 2.60 bits per heavy atom. The largest absolute Gasteiger partial charge is 0.476 e. The predicted molar refractivity (Wildman–Crippen MR) is 80.2 cm³/mol. The van der Waals surface area contributed by atoms with E-state index in [9.17, 15) is 4.79 Å². The van der Waals surface area contributed by atoms with Gasteiger partial charge in [0.25, 0.3) is 5.91 Å². The molecule has 0 unspecified atom stereocenters. The standard InChI is InChI=1S/C17H23NO2/c1-12-9-10-15-14(11-12)18(13-7-5-4-6-8-13)16(19)17(2,3)20-15/h9-11,13H,4-8H2,1-3H3. The third kappa shape index (κ3) is 2.19. The molecule has 1 aliphatic carbocycles. The Morgan fingerprint density at radius 2 is 1.90 bits per heavy atom. The molecule has 3 rings (SSSR count). The van der Waals surface area contributed by atoms with Crippen molar-refractivity contribution in [2.45, 2.75) is 64.5 Å². The van der Waals surface area contributed by atoms with Gasteiger partial charge in [-0.1, -0.05) is 25.3 Å². The molecule has 0 radical (unpaired) electrons. The number of rotatable bonds is 1. The quantitative estimate of drug-likeness (QED) is 0.778. The van der Waals surface area contributed by atoms with Gasteiger partial charge in [-0.05, 0) is 51.3 Å². The lowest BCUT2D eigenvalue weighted by atomic mass is 9.91. The Bertz CT molecular complexity index is 530. The first-order chi connectivity index (χ1) is 9.49. The number of benzene rings is 1. The zero-order valence-corrected chi connectivity index (χ0v) is 12.6. The van der Waals surface area contributed by atoms with Crippen molar-refractivity contribution in [2.24, 2.45) is 0 Å². The molecular weight excluding hydrogens is 250 g/mol. The van der Waals surface area contributed by atoms with Gasteiger partial charge in [0.1, 0.15) is 5.75 Å². The Balaban J connectivity index is 2.05. The maximum absolute atomic E-state index is 12.8. The van der Waals surface area contributed by atoms with Crippen LogP contribution in [0.25, 0.3) is 0 Å². The number of carbonyl (C=O) groups excluding carboxylic acids is 1. The van der Waals surface area contributed by atoms with E-state index in [1.807, 2.05) is 30.9 Å². The minimum Gasteiger partial charge on any atom is -0.476 e. The van der Waals surface area contributed by atoms with Crippen molar-refractivity contribution in [1.29, 1.82) is 0 Å². The van der Waals surface area contributed by atoms with Crippen LogP contribution in [0.1, 0.15) is 51.5 Å². The van der Waals surface area contributed by atoms with Crippen molar-refractivity contribution < 1.29 is 9.53 Å². The predicted octanol–water partition coefficient (Wildman–Crippen LogP) is 3.83. The molecular formula is C17H23NO2. The number of hydrogen-bond acceptors (Lipinski definition) is 2. The summed E-state index contributed by atoms with van der Waals surface area (Å²) in [6, 6.07) is 6.45. The number of amides is 1. The van der Waals surface area contributed by atoms with E-state index >= 15 is 0 Å². The van der Waals surface area contributed by atoms with E-state index in [1.165, 1.54) is 24.8 Å². The van der Waals surface area contributed by atoms with Crippen molar-refractivity contribution in [1.82, 2.24) is 0 Å². The van der Waals surface area contributed by atoms with Gasteiger partial charge in [0, 0.05) is 6.04 Å². The van der Waals surface area contributed by atoms with E-state index in [4.69, 9.17) is 4.74 Å². The molecule has 1 heterocycles. The lowest BCUT2D eigenvalue weighted by Gasteiger charge is -2.43. The zero-order chi connectivity index (χ0) is 14.3. The maximum atomic E-state index is 12.8. The molecule has 1 aromatic carbocycles. The van der Waals surface area contributed by atoms with Crippen molar-refractivity contribution >= 4 is 11.6 Å². The summed E-state index contributed by atoms with van der Waals surface area (Å²) < 4.78 is 5.92. The summed E-state index contributed by atoms with van der Waals surface area (Å²) in [4.78, 5) is 14.8. The van der Waals surface area contributed by atoms with Gasteiger partial charge in [-0.3, -0.25) is 4.79 Å². The minimum absolute atomic E-state index is 0.0995. The summed E-state index contributed by atoms with van der Waals surface area (Å²) in [6.07, 6.45) is 5.94. The number of carbonyl (C=O) groups is 1. The molecule has 3 heteroatoms. The van der Waals surface area contributed by atoms with Crippen LogP contribution in [0.4, 0.5) is 5.69 Å². The van der Waals surface area contributed by atoms with E-state index in [0.29, 0.717) is 6.04 Å². The summed E-state index contributed by atoms with van der Waals surface area (Å²) in [7, 11) is 0. The van der Waals surface area contributed by atoms with Crippen molar-refractivity contribution in [3.8, 4) is 5.75 Å². The Labute approximate surface area is 120 Å². The SMILES string of the molecule is Cc1ccc2c(c1)N(C1CCCCC1)C(=O)C(C)(C)O2. The summed E-state index contributed by atoms with van der Waals surface area (Å²) in [5, 5.41) is 0. The number of anilines is 1. The van der Waals surface area contributed by atoms with Crippen LogP contribution in [0.5, 0.6) is 5.75 Å². The number of aryl methyl sites for hydroxylation is 1. The van der Waals surface area contributed by atoms with Crippen LogP contribution < -0.4 is 9.64 Å². The van der Waals surface area contributed by atoms with Gasteiger partial charge in [-0.25, -0.2) is 0 Å². The fourth-order valence-electron chi connectivity index (χ4n) is 3.32. The van der Waals surface area contributed by atoms with Crippen LogP contribution in [0.2, 0.25) is 0 Å². The fraction of sp³-hybridized carbons (Fsp3) is 0.588. The first-order valence-electron chi connectivity index (χ1n) is 7.62. The molecule has 0 aromatic heterocycles. The zero-order valence-electron chi connectivity index (χ0n) is 12.6. The highest BCUT2D eigenvalue weighted by Crippen LogP contribution is 2.41. The van der Waals surface area contributed by atoms with Crippen LogP contribution in [-0.4, -0.2) is 17.6 Å². The first kappa shape index (κ1) is 13.5. The second-order valence-electron chi connectivity index (χ2n) is 6.55. The number of ether oxygens (including phenoxy) is 1. The molecule has 20 heavy (non-hydrogen) atoms. The average Bonchev–Trinajstić information content (AvgIpc) is 2.42. The summed E-state index contributed by atoms with van der Waals surface area (Å²) >= 11 is 0. The molecule has 0 atom stereocenters. The van der Waals surface area contributed by atoms with Gasteiger partial charge in [0.2, 0.25) is 0 Å². The van der Waals surface area contributed by atoms with Crippen molar-refractivity contribution in [3.63, 3.8) is 0 Å². The normalized spacial score (nSPS) is 22.4. The minimum atomic E-state index is -0.764. The molecule has 1 aliphatic heterocycles. The Morgan fingerprint density at radius 1 is 1.20 bits per heavy atom. The molecule has 2 aliphatic rings. The average molecular weight is 273 g/mol. The van der Waals surface area contributed by atoms with Crippen LogP contribution in [0, 0.1) is 6.92 Å². The van der Waals surface area contributed by atoms with Gasteiger partial charge in [-0.15, -0.1) is 0 Å². The highest BCUT2D eigenvalue weighted by molar-refractivity contribution is 6.02. The Hall–Kier alpha value is -1.51. The lowest BCUT2D eigenvalue weighted by Crippen LogP contribution is -2.56. The van der Waals surface area contributed by atoms with Gasteiger partial charge in [0.15, 0.2) is 5.60 Å². The number of nitrogens with zero attached hydrogens (tertiary/aromatic N) is 1. The highest BCUT2D eigenvalue weighted by atomic mass is 16.5. The third-order valence-electron chi connectivity index (χ3n) is 4.41. The first-order valence-corrected chi connectivity index (χ1v) is 7.62. The molecule has 0 spiro atoms. The van der Waals surface area contributed by atoms with Crippen LogP contribution in [-0.2, 0) is 4.79 Å². The van der Waals surface area contributed by atoms with Gasteiger partial charge in [-0.2, -0.15) is 0 Å². The summed E-state index contributed by atoms with van der Waals surface area (Å²) in [5.74, 6) is 0.938. The van der Waals surface area contributed by atoms with E-state index in [2.05, 4.69) is 13.0 Å². The highest BCUT2D eigenvalue weighted by Gasteiger charge is 2.43.